The molecule has 1 aromatic carbocycles. The van der Waals surface area contributed by atoms with E-state index in [4.69, 9.17) is 4.42 Å². The van der Waals surface area contributed by atoms with E-state index in [2.05, 4.69) is 39.3 Å². The van der Waals surface area contributed by atoms with Gasteiger partial charge in [0.25, 0.3) is 0 Å². The standard InChI is InChI=1S/C20H28N4OS/c1-3-26-18-11-7-10-16(12-18)24-20(21-2)22-13-17-14-25-19(23-17)15-8-5-4-6-9-15/h4-6,8-9,14,16,18H,3,7,10-13H2,1-2H3,(H2,21,22,24). The zero-order valence-electron chi connectivity index (χ0n) is 15.6. The van der Waals surface area contributed by atoms with Gasteiger partial charge < -0.3 is 15.1 Å². The van der Waals surface area contributed by atoms with E-state index in [0.29, 0.717) is 18.5 Å². The Bertz CT molecular complexity index is 699. The lowest BCUT2D eigenvalue weighted by molar-refractivity contribution is 0.418. The first kappa shape index (κ1) is 18.8. The Morgan fingerprint density at radius 3 is 2.92 bits per heavy atom. The lowest BCUT2D eigenvalue weighted by atomic mass is 9.95. The molecule has 0 radical (unpaired) electrons. The highest BCUT2D eigenvalue weighted by Gasteiger charge is 2.22. The lowest BCUT2D eigenvalue weighted by Gasteiger charge is -2.30. The monoisotopic (exact) mass is 372 g/mol. The first-order valence-corrected chi connectivity index (χ1v) is 10.4. The first-order valence-electron chi connectivity index (χ1n) is 9.37. The number of nitrogens with zero attached hydrogens (tertiary/aromatic N) is 2. The van der Waals surface area contributed by atoms with Crippen LogP contribution in [0.2, 0.25) is 0 Å². The van der Waals surface area contributed by atoms with Gasteiger partial charge in [-0.1, -0.05) is 31.5 Å². The Hall–Kier alpha value is -1.95. The van der Waals surface area contributed by atoms with Crippen LogP contribution in [0.1, 0.15) is 38.3 Å². The highest BCUT2D eigenvalue weighted by Crippen LogP contribution is 2.28. The number of aromatic nitrogens is 1. The fourth-order valence-corrected chi connectivity index (χ4v) is 4.50. The number of nitrogens with one attached hydrogen (secondary N) is 2. The van der Waals surface area contributed by atoms with E-state index in [-0.39, 0.29) is 0 Å². The van der Waals surface area contributed by atoms with Crippen LogP contribution < -0.4 is 10.6 Å². The molecular formula is C20H28N4OS. The van der Waals surface area contributed by atoms with Crippen LogP contribution in [0.3, 0.4) is 0 Å². The molecule has 140 valence electrons. The van der Waals surface area contributed by atoms with Crippen molar-refractivity contribution >= 4 is 17.7 Å². The van der Waals surface area contributed by atoms with Crippen molar-refractivity contribution in [1.29, 1.82) is 0 Å². The number of hydrogen-bond acceptors (Lipinski definition) is 4. The van der Waals surface area contributed by atoms with Crippen LogP contribution in [-0.2, 0) is 6.54 Å². The maximum atomic E-state index is 5.59. The van der Waals surface area contributed by atoms with Crippen LogP contribution in [0, 0.1) is 0 Å². The van der Waals surface area contributed by atoms with E-state index < -0.39 is 0 Å². The van der Waals surface area contributed by atoms with Crippen molar-refractivity contribution in [3.63, 3.8) is 0 Å². The molecule has 5 nitrogen and oxygen atoms in total. The van der Waals surface area contributed by atoms with Crippen LogP contribution in [0.4, 0.5) is 0 Å². The molecule has 2 atom stereocenters. The topological polar surface area (TPSA) is 62.5 Å². The van der Waals surface area contributed by atoms with E-state index in [0.717, 1.165) is 22.5 Å². The van der Waals surface area contributed by atoms with E-state index in [9.17, 15) is 0 Å². The van der Waals surface area contributed by atoms with Crippen molar-refractivity contribution in [2.75, 3.05) is 12.8 Å². The summed E-state index contributed by atoms with van der Waals surface area (Å²) in [5, 5.41) is 7.70. The zero-order chi connectivity index (χ0) is 18.2. The maximum Gasteiger partial charge on any atom is 0.226 e. The van der Waals surface area contributed by atoms with Crippen molar-refractivity contribution in [3.8, 4) is 11.5 Å². The Morgan fingerprint density at radius 2 is 2.15 bits per heavy atom. The molecule has 1 fully saturated rings. The van der Waals surface area contributed by atoms with Crippen LogP contribution in [-0.4, -0.2) is 35.0 Å². The SMILES string of the molecule is CCSC1CCCC(NC(=NC)NCc2coc(-c3ccccc3)n2)C1. The van der Waals surface area contributed by atoms with Gasteiger partial charge in [-0.3, -0.25) is 4.99 Å². The number of oxazole rings is 1. The molecule has 1 aliphatic rings. The quantitative estimate of drug-likeness (QED) is 0.591. The van der Waals surface area contributed by atoms with Crippen LogP contribution in [0.15, 0.2) is 46.0 Å². The molecule has 0 amide bonds. The van der Waals surface area contributed by atoms with Crippen molar-refractivity contribution in [2.45, 2.75) is 50.4 Å². The van der Waals surface area contributed by atoms with E-state index in [1.54, 1.807) is 6.26 Å². The average molecular weight is 373 g/mol. The fraction of sp³-hybridized carbons (Fsp3) is 0.500. The Labute approximate surface area is 160 Å². The molecule has 3 rings (SSSR count). The van der Waals surface area contributed by atoms with Crippen molar-refractivity contribution in [1.82, 2.24) is 15.6 Å². The van der Waals surface area contributed by atoms with E-state index in [1.807, 2.05) is 37.4 Å². The smallest absolute Gasteiger partial charge is 0.226 e. The minimum atomic E-state index is 0.496. The van der Waals surface area contributed by atoms with Gasteiger partial charge in [0, 0.05) is 23.9 Å². The molecule has 1 heterocycles. The summed E-state index contributed by atoms with van der Waals surface area (Å²) >= 11 is 2.08. The molecule has 2 unspecified atom stereocenters. The maximum absolute atomic E-state index is 5.59. The van der Waals surface area contributed by atoms with Gasteiger partial charge in [-0.25, -0.2) is 4.98 Å². The highest BCUT2D eigenvalue weighted by atomic mass is 32.2. The predicted molar refractivity (Wildman–Crippen MR) is 109 cm³/mol. The summed E-state index contributed by atoms with van der Waals surface area (Å²) in [6, 6.07) is 10.4. The summed E-state index contributed by atoms with van der Waals surface area (Å²) in [4.78, 5) is 8.92. The molecule has 1 aliphatic carbocycles. The highest BCUT2D eigenvalue weighted by molar-refractivity contribution is 7.99. The van der Waals surface area contributed by atoms with Gasteiger partial charge in [0.1, 0.15) is 6.26 Å². The summed E-state index contributed by atoms with van der Waals surface area (Å²) in [5.41, 5.74) is 1.86. The molecule has 2 aromatic rings. The summed E-state index contributed by atoms with van der Waals surface area (Å²) in [7, 11) is 1.81. The second-order valence-electron chi connectivity index (χ2n) is 6.52. The van der Waals surface area contributed by atoms with Gasteiger partial charge in [-0.2, -0.15) is 11.8 Å². The number of rotatable bonds is 6. The van der Waals surface area contributed by atoms with Crippen LogP contribution >= 0.6 is 11.8 Å². The third kappa shape index (κ3) is 5.27. The molecular weight excluding hydrogens is 344 g/mol. The molecule has 1 saturated carbocycles. The zero-order valence-corrected chi connectivity index (χ0v) is 16.4. The average Bonchev–Trinajstić information content (AvgIpc) is 3.15. The third-order valence-corrected chi connectivity index (χ3v) is 5.84. The normalized spacial score (nSPS) is 20.8. The summed E-state index contributed by atoms with van der Waals surface area (Å²) in [6.45, 7) is 2.83. The Kier molecular flexibility index (Phi) is 7.00. The molecule has 0 bridgehead atoms. The minimum Gasteiger partial charge on any atom is -0.444 e. The number of thioether (sulfide) groups is 1. The summed E-state index contributed by atoms with van der Waals surface area (Å²) in [5.74, 6) is 2.68. The van der Waals surface area contributed by atoms with Crippen molar-refractivity contribution < 1.29 is 4.42 Å². The fourth-order valence-electron chi connectivity index (χ4n) is 3.33. The Balaban J connectivity index is 1.51. The van der Waals surface area contributed by atoms with Gasteiger partial charge in [0.15, 0.2) is 5.96 Å². The molecule has 26 heavy (non-hydrogen) atoms. The largest absolute Gasteiger partial charge is 0.444 e. The van der Waals surface area contributed by atoms with Gasteiger partial charge in [0.2, 0.25) is 5.89 Å². The van der Waals surface area contributed by atoms with Crippen LogP contribution in [0.25, 0.3) is 11.5 Å². The molecule has 0 saturated heterocycles. The van der Waals surface area contributed by atoms with E-state index >= 15 is 0 Å². The number of benzene rings is 1. The molecule has 0 aliphatic heterocycles. The Morgan fingerprint density at radius 1 is 1.31 bits per heavy atom. The van der Waals surface area contributed by atoms with Gasteiger partial charge in [0.05, 0.1) is 12.2 Å². The first-order chi connectivity index (χ1) is 12.8. The number of aliphatic imine (C=N–C) groups is 1. The summed E-state index contributed by atoms with van der Waals surface area (Å²) < 4.78 is 5.59. The van der Waals surface area contributed by atoms with Crippen molar-refractivity contribution in [2.24, 2.45) is 4.99 Å². The van der Waals surface area contributed by atoms with Gasteiger partial charge >= 0.3 is 0 Å². The second-order valence-corrected chi connectivity index (χ2v) is 8.10. The van der Waals surface area contributed by atoms with Crippen molar-refractivity contribution in [3.05, 3.63) is 42.3 Å². The molecule has 1 aromatic heterocycles. The molecule has 2 N–H and O–H groups in total. The third-order valence-electron chi connectivity index (χ3n) is 4.60. The second kappa shape index (κ2) is 9.67. The van der Waals surface area contributed by atoms with Gasteiger partial charge in [-0.15, -0.1) is 0 Å². The molecule has 0 spiro atoms. The number of hydrogen-bond donors (Lipinski definition) is 2. The molecule has 6 heteroatoms. The van der Waals surface area contributed by atoms with Crippen LogP contribution in [0.5, 0.6) is 0 Å². The minimum absolute atomic E-state index is 0.496. The summed E-state index contributed by atoms with van der Waals surface area (Å²) in [6.07, 6.45) is 6.75. The predicted octanol–water partition coefficient (Wildman–Crippen LogP) is 4.07. The lowest BCUT2D eigenvalue weighted by Crippen LogP contribution is -2.45. The van der Waals surface area contributed by atoms with Gasteiger partial charge in [-0.05, 0) is 37.1 Å². The van der Waals surface area contributed by atoms with E-state index in [1.165, 1.54) is 31.4 Å². The number of guanidine groups is 1.